The van der Waals surface area contributed by atoms with E-state index in [1.807, 2.05) is 0 Å². The van der Waals surface area contributed by atoms with Crippen LogP contribution in [0, 0.1) is 0 Å². The molecule has 0 fully saturated rings. The minimum Gasteiger partial charge on any atom is -0.480 e. The first-order valence-corrected chi connectivity index (χ1v) is 16.7. The highest BCUT2D eigenvalue weighted by Crippen LogP contribution is 2.16. The molecule has 0 aliphatic rings. The summed E-state index contributed by atoms with van der Waals surface area (Å²) in [6.07, 6.45) is 34.5. The van der Waals surface area contributed by atoms with E-state index in [9.17, 15) is 19.2 Å². The number of rotatable bonds is 28. The molecular formula is C36H58N2O7. The van der Waals surface area contributed by atoms with Crippen molar-refractivity contribution in [3.63, 3.8) is 0 Å². The van der Waals surface area contributed by atoms with Crippen molar-refractivity contribution >= 4 is 23.8 Å². The van der Waals surface area contributed by atoms with Crippen LogP contribution in [0.25, 0.3) is 0 Å². The largest absolute Gasteiger partial charge is 0.480 e. The molecule has 0 aromatic carbocycles. The van der Waals surface area contributed by atoms with Crippen LogP contribution in [0.4, 0.5) is 0 Å². The number of carbonyl (C=O) groups excluding carboxylic acids is 3. The van der Waals surface area contributed by atoms with Gasteiger partial charge in [0.25, 0.3) is 0 Å². The van der Waals surface area contributed by atoms with Crippen molar-refractivity contribution in [1.82, 2.24) is 10.6 Å². The van der Waals surface area contributed by atoms with E-state index in [1.54, 1.807) is 0 Å². The van der Waals surface area contributed by atoms with Gasteiger partial charge in [0, 0.05) is 12.8 Å². The van der Waals surface area contributed by atoms with Crippen molar-refractivity contribution in [3.05, 3.63) is 60.8 Å². The van der Waals surface area contributed by atoms with E-state index in [2.05, 4.69) is 85.2 Å². The number of carboxylic acid groups (broad SMARTS) is 1. The molecule has 2 atom stereocenters. The van der Waals surface area contributed by atoms with Crippen LogP contribution in [0.5, 0.6) is 0 Å². The fourth-order valence-corrected chi connectivity index (χ4v) is 4.20. The standard InChI is InChI=1S/C36H58N2O7/c1-3-5-7-8-9-10-11-12-13-14-15-16-17-18-19-20-24-28-35(42)45-31(25-6-4-2)26-22-21-23-27-33(40)37-29-34(41)38-32(30-39)36(43)44/h5,7,9-10,12-13,15-16,18-19,31-32,39H,3-4,6,8,11,14,17,20-30H2,1-2H3,(H,37,40)(H,38,41)(H,43,44)/b7-5-,10-9-,13-12-,16-15-,19-18-. The predicted molar refractivity (Wildman–Crippen MR) is 180 cm³/mol. The van der Waals surface area contributed by atoms with Gasteiger partial charge in [-0.2, -0.15) is 0 Å². The number of aliphatic hydroxyl groups excluding tert-OH is 1. The summed E-state index contributed by atoms with van der Waals surface area (Å²) in [6.45, 7) is 3.17. The van der Waals surface area contributed by atoms with Crippen LogP contribution < -0.4 is 10.6 Å². The van der Waals surface area contributed by atoms with Crippen molar-refractivity contribution in [2.45, 2.75) is 129 Å². The van der Waals surface area contributed by atoms with Gasteiger partial charge in [-0.15, -0.1) is 0 Å². The van der Waals surface area contributed by atoms with Crippen LogP contribution in [-0.2, 0) is 23.9 Å². The molecule has 0 aromatic rings. The second-order valence-electron chi connectivity index (χ2n) is 10.9. The van der Waals surface area contributed by atoms with E-state index in [0.717, 1.165) is 83.5 Å². The molecule has 2 unspecified atom stereocenters. The number of ether oxygens (including phenoxy) is 1. The van der Waals surface area contributed by atoms with E-state index in [0.29, 0.717) is 12.8 Å². The van der Waals surface area contributed by atoms with Crippen LogP contribution in [0.2, 0.25) is 0 Å². The van der Waals surface area contributed by atoms with Gasteiger partial charge in [-0.3, -0.25) is 14.4 Å². The summed E-state index contributed by atoms with van der Waals surface area (Å²) < 4.78 is 5.76. The first-order valence-electron chi connectivity index (χ1n) is 16.7. The Morgan fingerprint density at radius 2 is 1.27 bits per heavy atom. The van der Waals surface area contributed by atoms with E-state index in [4.69, 9.17) is 14.9 Å². The summed E-state index contributed by atoms with van der Waals surface area (Å²) in [7, 11) is 0. The molecule has 0 spiro atoms. The lowest BCUT2D eigenvalue weighted by Gasteiger charge is -2.18. The molecular weight excluding hydrogens is 572 g/mol. The molecule has 2 amide bonds. The maximum Gasteiger partial charge on any atom is 0.328 e. The summed E-state index contributed by atoms with van der Waals surface area (Å²) in [6, 6.07) is -1.40. The average molecular weight is 631 g/mol. The summed E-state index contributed by atoms with van der Waals surface area (Å²) in [5.41, 5.74) is 0. The van der Waals surface area contributed by atoms with Crippen molar-refractivity contribution in [3.8, 4) is 0 Å². The minimum atomic E-state index is -1.40. The zero-order valence-electron chi connectivity index (χ0n) is 27.6. The lowest BCUT2D eigenvalue weighted by atomic mass is 10.0. The average Bonchev–Trinajstić information content (AvgIpc) is 3.02. The van der Waals surface area contributed by atoms with Gasteiger partial charge < -0.3 is 25.6 Å². The van der Waals surface area contributed by atoms with Gasteiger partial charge in [-0.25, -0.2) is 4.79 Å². The zero-order chi connectivity index (χ0) is 33.4. The highest BCUT2D eigenvalue weighted by molar-refractivity contribution is 5.87. The van der Waals surface area contributed by atoms with Crippen LogP contribution in [0.3, 0.4) is 0 Å². The second-order valence-corrected chi connectivity index (χ2v) is 10.9. The number of carboxylic acids is 1. The molecule has 0 radical (unpaired) electrons. The molecule has 9 heteroatoms. The van der Waals surface area contributed by atoms with E-state index in [-0.39, 0.29) is 30.9 Å². The Kier molecular flexibility index (Phi) is 28.2. The Morgan fingerprint density at radius 3 is 1.82 bits per heavy atom. The summed E-state index contributed by atoms with van der Waals surface area (Å²) in [5.74, 6) is -2.49. The van der Waals surface area contributed by atoms with Gasteiger partial charge in [-0.1, -0.05) is 93.9 Å². The Hall–Kier alpha value is -3.46. The normalized spacial score (nSPS) is 13.3. The number of hydrogen-bond donors (Lipinski definition) is 4. The molecule has 0 saturated heterocycles. The fourth-order valence-electron chi connectivity index (χ4n) is 4.20. The van der Waals surface area contributed by atoms with Crippen LogP contribution in [0.15, 0.2) is 60.8 Å². The molecule has 45 heavy (non-hydrogen) atoms. The summed E-state index contributed by atoms with van der Waals surface area (Å²) >= 11 is 0. The van der Waals surface area contributed by atoms with Crippen molar-refractivity contribution in [2.24, 2.45) is 0 Å². The van der Waals surface area contributed by atoms with Crippen molar-refractivity contribution in [1.29, 1.82) is 0 Å². The maximum absolute atomic E-state index is 12.4. The van der Waals surface area contributed by atoms with Gasteiger partial charge in [0.1, 0.15) is 12.1 Å². The number of hydrogen-bond acceptors (Lipinski definition) is 6. The Morgan fingerprint density at radius 1 is 0.689 bits per heavy atom. The van der Waals surface area contributed by atoms with Gasteiger partial charge in [0.05, 0.1) is 13.2 Å². The third-order valence-electron chi connectivity index (χ3n) is 6.78. The number of allylic oxidation sites excluding steroid dienone is 10. The predicted octanol–water partition coefficient (Wildman–Crippen LogP) is 6.64. The number of carbonyl (C=O) groups is 4. The number of aliphatic carboxylic acids is 1. The summed E-state index contributed by atoms with van der Waals surface area (Å²) in [4.78, 5) is 46.9. The SMILES string of the molecule is CC/C=C\C/C=C\C/C=C\C/C=C\C/C=C\CCCC(=O)OC(CCCC)CCCCCC(=O)NCC(=O)NC(CO)C(=O)O. The summed E-state index contributed by atoms with van der Waals surface area (Å²) in [5, 5.41) is 22.4. The molecule has 0 saturated carbocycles. The number of unbranched alkanes of at least 4 members (excludes halogenated alkanes) is 4. The Labute approximate surface area is 271 Å². The molecule has 0 aliphatic heterocycles. The fraction of sp³-hybridized carbons (Fsp3) is 0.611. The first kappa shape index (κ1) is 41.5. The van der Waals surface area contributed by atoms with Crippen molar-refractivity contribution < 1.29 is 34.1 Å². The van der Waals surface area contributed by atoms with Gasteiger partial charge in [0.2, 0.25) is 11.8 Å². The van der Waals surface area contributed by atoms with Gasteiger partial charge in [0.15, 0.2) is 0 Å². The third-order valence-corrected chi connectivity index (χ3v) is 6.78. The zero-order valence-corrected chi connectivity index (χ0v) is 27.6. The molecule has 9 nitrogen and oxygen atoms in total. The monoisotopic (exact) mass is 630 g/mol. The highest BCUT2D eigenvalue weighted by Gasteiger charge is 2.19. The van der Waals surface area contributed by atoms with Crippen LogP contribution in [-0.4, -0.2) is 59.3 Å². The maximum atomic E-state index is 12.4. The third kappa shape index (κ3) is 27.8. The first-order chi connectivity index (χ1) is 21.8. The number of nitrogens with one attached hydrogen (secondary N) is 2. The van der Waals surface area contributed by atoms with Gasteiger partial charge >= 0.3 is 11.9 Å². The van der Waals surface area contributed by atoms with E-state index >= 15 is 0 Å². The highest BCUT2D eigenvalue weighted by atomic mass is 16.5. The number of aliphatic hydroxyl groups is 1. The minimum absolute atomic E-state index is 0.114. The topological polar surface area (TPSA) is 142 Å². The number of amides is 2. The molecule has 254 valence electrons. The molecule has 0 bridgehead atoms. The van der Waals surface area contributed by atoms with Crippen molar-refractivity contribution in [2.75, 3.05) is 13.2 Å². The molecule has 0 rings (SSSR count). The Balaban J connectivity index is 4.06. The molecule has 0 aliphatic carbocycles. The molecule has 0 aromatic heterocycles. The lowest BCUT2D eigenvalue weighted by molar-refractivity contribution is -0.150. The van der Waals surface area contributed by atoms with Crippen LogP contribution >= 0.6 is 0 Å². The smallest absolute Gasteiger partial charge is 0.328 e. The van der Waals surface area contributed by atoms with E-state index in [1.165, 1.54) is 0 Å². The van der Waals surface area contributed by atoms with Crippen LogP contribution in [0.1, 0.15) is 117 Å². The quantitative estimate of drug-likeness (QED) is 0.0431. The van der Waals surface area contributed by atoms with Gasteiger partial charge in [-0.05, 0) is 70.6 Å². The van der Waals surface area contributed by atoms with E-state index < -0.39 is 24.5 Å². The second kappa shape index (κ2) is 30.6. The number of esters is 1. The lowest BCUT2D eigenvalue weighted by Crippen LogP contribution is -2.47. The Bertz CT molecular complexity index is 953. The molecule has 4 N–H and O–H groups in total. The molecule has 0 heterocycles.